The van der Waals surface area contributed by atoms with E-state index in [1.165, 1.54) is 0 Å². The van der Waals surface area contributed by atoms with Gasteiger partial charge in [-0.1, -0.05) is 6.07 Å². The number of aromatic nitrogens is 1. The quantitative estimate of drug-likeness (QED) is 0.757. The minimum absolute atomic E-state index is 0.322. The van der Waals surface area contributed by atoms with Gasteiger partial charge in [-0.05, 0) is 22.0 Å². The zero-order valence-corrected chi connectivity index (χ0v) is 8.28. The van der Waals surface area contributed by atoms with Crippen LogP contribution < -0.4 is 5.32 Å². The molecule has 1 aromatic heterocycles. The van der Waals surface area contributed by atoms with Crippen LogP contribution in [0.15, 0.2) is 24.5 Å². The molecule has 2 heterocycles. The van der Waals surface area contributed by atoms with Crippen molar-refractivity contribution >= 4 is 26.7 Å². The van der Waals surface area contributed by atoms with Crippen molar-refractivity contribution in [3.8, 4) is 0 Å². The first kappa shape index (κ1) is 8.44. The van der Waals surface area contributed by atoms with Gasteiger partial charge in [0.15, 0.2) is 0 Å². The van der Waals surface area contributed by atoms with Crippen LogP contribution in [0.2, 0.25) is 0 Å². The summed E-state index contributed by atoms with van der Waals surface area (Å²) in [5.74, 6) is 0. The summed E-state index contributed by atoms with van der Waals surface area (Å²) in [6.45, 7) is 0. The zero-order chi connectivity index (χ0) is 9.26. The van der Waals surface area contributed by atoms with Crippen LogP contribution in [-0.2, 0) is 4.79 Å². The second-order valence-electron chi connectivity index (χ2n) is 2.71. The third-order valence-electron chi connectivity index (χ3n) is 1.92. The van der Waals surface area contributed by atoms with Gasteiger partial charge in [-0.2, -0.15) is 0 Å². The molecule has 1 atom stereocenters. The molecule has 0 fully saturated rings. The van der Waals surface area contributed by atoms with Gasteiger partial charge in [0.25, 0.3) is 0 Å². The van der Waals surface area contributed by atoms with Gasteiger partial charge in [-0.15, -0.1) is 0 Å². The maximum Gasteiger partial charge on any atom is 0.148 e. The Bertz CT molecular complexity index is 376. The van der Waals surface area contributed by atoms with Crippen molar-refractivity contribution in [3.05, 3.63) is 35.8 Å². The summed E-state index contributed by atoms with van der Waals surface area (Å²) in [5, 5.41) is 2.94. The number of pyridine rings is 1. The van der Waals surface area contributed by atoms with E-state index in [9.17, 15) is 4.79 Å². The summed E-state index contributed by atoms with van der Waals surface area (Å²) in [6, 6.07) is 3.46. The first-order chi connectivity index (χ1) is 6.33. The third kappa shape index (κ3) is 1.37. The fourth-order valence-corrected chi connectivity index (χ4v) is 1.76. The second-order valence-corrected chi connectivity index (χ2v) is 3.56. The Kier molecular flexibility index (Phi) is 2.14. The fraction of sp³-hybridized carbons (Fsp3) is 0.111. The predicted octanol–water partition coefficient (Wildman–Crippen LogP) is 1.62. The molecule has 0 aliphatic carbocycles. The van der Waals surface area contributed by atoms with Gasteiger partial charge in [0.05, 0.1) is 5.69 Å². The van der Waals surface area contributed by atoms with Gasteiger partial charge in [0.2, 0.25) is 0 Å². The summed E-state index contributed by atoms with van der Waals surface area (Å²) in [6.07, 6.45) is 4.30. The highest BCUT2D eigenvalue weighted by atomic mass is 79.9. The number of hydrogen-bond donors (Lipinski definition) is 1. The van der Waals surface area contributed by atoms with Crippen LogP contribution >= 0.6 is 15.9 Å². The van der Waals surface area contributed by atoms with Crippen molar-refractivity contribution in [1.29, 1.82) is 0 Å². The number of nitrogens with zero attached hydrogens (tertiary/aromatic N) is 1. The normalized spacial score (nSPS) is 19.8. The van der Waals surface area contributed by atoms with Crippen LogP contribution in [0.5, 0.6) is 0 Å². The molecule has 3 nitrogen and oxygen atoms in total. The predicted molar refractivity (Wildman–Crippen MR) is 53.1 cm³/mol. The Balaban J connectivity index is 2.56. The van der Waals surface area contributed by atoms with Crippen molar-refractivity contribution in [2.24, 2.45) is 0 Å². The minimum atomic E-state index is -0.322. The Hall–Kier alpha value is -1.16. The van der Waals surface area contributed by atoms with E-state index in [-0.39, 0.29) is 6.04 Å². The monoisotopic (exact) mass is 238 g/mol. The standard InChI is InChI=1S/C9H7BrN2O/c10-7-4-12-8(5-13)9-6(7)2-1-3-11-9/h1-5,8,12H. The second kappa shape index (κ2) is 3.30. The molecule has 1 aliphatic heterocycles. The Morgan fingerprint density at radius 2 is 2.46 bits per heavy atom. The van der Waals surface area contributed by atoms with Crippen molar-refractivity contribution in [2.45, 2.75) is 6.04 Å². The molecule has 1 aromatic rings. The van der Waals surface area contributed by atoms with E-state index in [2.05, 4.69) is 26.2 Å². The number of carbonyl (C=O) groups excluding carboxylic acids is 1. The van der Waals surface area contributed by atoms with Crippen molar-refractivity contribution in [3.63, 3.8) is 0 Å². The lowest BCUT2D eigenvalue weighted by atomic mass is 10.1. The molecule has 4 heteroatoms. The van der Waals surface area contributed by atoms with E-state index in [1.54, 1.807) is 12.4 Å². The lowest BCUT2D eigenvalue weighted by Crippen LogP contribution is -2.22. The first-order valence-corrected chi connectivity index (χ1v) is 4.64. The summed E-state index contributed by atoms with van der Waals surface area (Å²) < 4.78 is 0.925. The molecule has 2 rings (SSSR count). The van der Waals surface area contributed by atoms with Gasteiger partial charge in [-0.25, -0.2) is 0 Å². The lowest BCUT2D eigenvalue weighted by molar-refractivity contribution is -0.109. The number of halogens is 1. The Labute approximate surface area is 84.0 Å². The van der Waals surface area contributed by atoms with Gasteiger partial charge >= 0.3 is 0 Å². The largest absolute Gasteiger partial charge is 0.376 e. The van der Waals surface area contributed by atoms with Gasteiger partial charge in [-0.3, -0.25) is 4.98 Å². The van der Waals surface area contributed by atoms with E-state index >= 15 is 0 Å². The number of hydrogen-bond acceptors (Lipinski definition) is 3. The molecule has 66 valence electrons. The van der Waals surface area contributed by atoms with Gasteiger partial charge in [0, 0.05) is 22.4 Å². The van der Waals surface area contributed by atoms with Crippen LogP contribution in [0.3, 0.4) is 0 Å². The van der Waals surface area contributed by atoms with Crippen LogP contribution in [0.25, 0.3) is 4.48 Å². The highest BCUT2D eigenvalue weighted by Crippen LogP contribution is 2.29. The average Bonchev–Trinajstić information content (AvgIpc) is 2.19. The molecule has 0 saturated carbocycles. The Morgan fingerprint density at radius 3 is 3.23 bits per heavy atom. The number of rotatable bonds is 1. The number of carbonyl (C=O) groups is 1. The average molecular weight is 239 g/mol. The number of fused-ring (bicyclic) bond motifs is 1. The maximum absolute atomic E-state index is 10.7. The third-order valence-corrected chi connectivity index (χ3v) is 2.57. The van der Waals surface area contributed by atoms with E-state index in [1.807, 2.05) is 12.1 Å². The summed E-state index contributed by atoms with van der Waals surface area (Å²) >= 11 is 3.39. The molecule has 13 heavy (non-hydrogen) atoms. The minimum Gasteiger partial charge on any atom is -0.376 e. The molecule has 0 aromatic carbocycles. The van der Waals surface area contributed by atoms with Crippen LogP contribution in [0.4, 0.5) is 0 Å². The van der Waals surface area contributed by atoms with Crippen molar-refractivity contribution < 1.29 is 4.79 Å². The smallest absolute Gasteiger partial charge is 0.148 e. The molecule has 1 unspecified atom stereocenters. The topological polar surface area (TPSA) is 42.0 Å². The fourth-order valence-electron chi connectivity index (χ4n) is 1.29. The van der Waals surface area contributed by atoms with Gasteiger partial charge < -0.3 is 10.1 Å². The first-order valence-electron chi connectivity index (χ1n) is 3.85. The maximum atomic E-state index is 10.7. The number of aldehydes is 1. The summed E-state index contributed by atoms with van der Waals surface area (Å²) in [5.41, 5.74) is 1.74. The molecule has 0 bridgehead atoms. The number of nitrogens with one attached hydrogen (secondary N) is 1. The van der Waals surface area contributed by atoms with Crippen LogP contribution in [-0.4, -0.2) is 11.3 Å². The molecule has 0 spiro atoms. The molecule has 1 N–H and O–H groups in total. The molecule has 1 aliphatic rings. The van der Waals surface area contributed by atoms with Crippen molar-refractivity contribution in [2.75, 3.05) is 0 Å². The molecule has 0 amide bonds. The van der Waals surface area contributed by atoms with Crippen LogP contribution in [0.1, 0.15) is 17.3 Å². The highest BCUT2D eigenvalue weighted by molar-refractivity contribution is 9.15. The summed E-state index contributed by atoms with van der Waals surface area (Å²) in [7, 11) is 0. The molecule has 0 saturated heterocycles. The molecular formula is C9H7BrN2O. The zero-order valence-electron chi connectivity index (χ0n) is 6.70. The molecule has 0 radical (unpaired) electrons. The Morgan fingerprint density at radius 1 is 1.62 bits per heavy atom. The van der Waals surface area contributed by atoms with E-state index in [4.69, 9.17) is 0 Å². The SMILES string of the molecule is O=CC1NC=C(Br)c2cccnc21. The van der Waals surface area contributed by atoms with E-state index in [0.717, 1.165) is 22.0 Å². The highest BCUT2D eigenvalue weighted by Gasteiger charge is 2.19. The lowest BCUT2D eigenvalue weighted by Gasteiger charge is -2.19. The summed E-state index contributed by atoms with van der Waals surface area (Å²) in [4.78, 5) is 14.8. The van der Waals surface area contributed by atoms with Crippen LogP contribution in [0, 0.1) is 0 Å². The van der Waals surface area contributed by atoms with Gasteiger partial charge in [0.1, 0.15) is 12.3 Å². The molecular weight excluding hydrogens is 232 g/mol. The van der Waals surface area contributed by atoms with Crippen molar-refractivity contribution in [1.82, 2.24) is 10.3 Å². The van der Waals surface area contributed by atoms with E-state index in [0.29, 0.717) is 0 Å². The van der Waals surface area contributed by atoms with E-state index < -0.39 is 0 Å².